The first-order chi connectivity index (χ1) is 15.5. The highest BCUT2D eigenvalue weighted by molar-refractivity contribution is 6.02. The standard InChI is InChI=1S/C23H20F2N2O5/c1-30-18-5-2-4-16(21(18)32-23(24)25)9-12-20(28)26-14-15-7-10-17(11-8-15)27-22(29)19-6-3-13-31-19/h2-13,23H,14H2,1H3,(H,26,28)(H,27,29)/b12-9+. The quantitative estimate of drug-likeness (QED) is 0.477. The molecule has 0 aliphatic carbocycles. The summed E-state index contributed by atoms with van der Waals surface area (Å²) in [6, 6.07) is 14.7. The van der Waals surface area contributed by atoms with Crippen LogP contribution in [0.5, 0.6) is 11.5 Å². The number of methoxy groups -OCH3 is 1. The third kappa shape index (κ3) is 6.18. The molecule has 0 saturated heterocycles. The predicted octanol–water partition coefficient (Wildman–Crippen LogP) is 4.47. The van der Waals surface area contributed by atoms with Crippen LogP contribution in [0, 0.1) is 0 Å². The molecule has 0 fully saturated rings. The van der Waals surface area contributed by atoms with E-state index in [0.29, 0.717) is 5.69 Å². The van der Waals surface area contributed by atoms with Crippen LogP contribution in [0.3, 0.4) is 0 Å². The minimum absolute atomic E-state index is 0.132. The highest BCUT2D eigenvalue weighted by atomic mass is 19.3. The maximum Gasteiger partial charge on any atom is 0.387 e. The van der Waals surface area contributed by atoms with Crippen LogP contribution in [0.15, 0.2) is 71.4 Å². The van der Waals surface area contributed by atoms with Gasteiger partial charge in [0.05, 0.1) is 13.4 Å². The summed E-state index contributed by atoms with van der Waals surface area (Å²) >= 11 is 0. The molecule has 9 heteroatoms. The van der Waals surface area contributed by atoms with Gasteiger partial charge in [0.25, 0.3) is 5.91 Å². The molecule has 0 bridgehead atoms. The van der Waals surface area contributed by atoms with Crippen LogP contribution in [0.4, 0.5) is 14.5 Å². The molecule has 0 saturated carbocycles. The van der Waals surface area contributed by atoms with Crippen LogP contribution in [0.2, 0.25) is 0 Å². The summed E-state index contributed by atoms with van der Waals surface area (Å²) in [6.07, 6.45) is 3.99. The van der Waals surface area contributed by atoms with E-state index in [1.807, 2.05) is 0 Å². The Morgan fingerprint density at radius 3 is 2.53 bits per heavy atom. The van der Waals surface area contributed by atoms with Crippen molar-refractivity contribution in [1.82, 2.24) is 5.32 Å². The Balaban J connectivity index is 1.56. The number of hydrogen-bond donors (Lipinski definition) is 2. The number of carbonyl (C=O) groups excluding carboxylic acids is 2. The molecule has 1 aromatic heterocycles. The van der Waals surface area contributed by atoms with Gasteiger partial charge in [-0.15, -0.1) is 0 Å². The van der Waals surface area contributed by atoms with Crippen LogP contribution in [0.1, 0.15) is 21.7 Å². The number of carbonyl (C=O) groups is 2. The van der Waals surface area contributed by atoms with E-state index < -0.39 is 12.5 Å². The molecule has 1 heterocycles. The monoisotopic (exact) mass is 442 g/mol. The Morgan fingerprint density at radius 2 is 1.88 bits per heavy atom. The topological polar surface area (TPSA) is 89.8 Å². The van der Waals surface area contributed by atoms with Gasteiger partial charge in [-0.3, -0.25) is 9.59 Å². The van der Waals surface area contributed by atoms with Crippen molar-refractivity contribution in [3.8, 4) is 11.5 Å². The highest BCUT2D eigenvalue weighted by Crippen LogP contribution is 2.33. The molecule has 0 radical (unpaired) electrons. The van der Waals surface area contributed by atoms with Crippen molar-refractivity contribution in [1.29, 1.82) is 0 Å². The summed E-state index contributed by atoms with van der Waals surface area (Å²) < 4.78 is 39.9. The molecule has 3 aromatic rings. The summed E-state index contributed by atoms with van der Waals surface area (Å²) in [7, 11) is 1.33. The summed E-state index contributed by atoms with van der Waals surface area (Å²) in [5.74, 6) is -0.612. The predicted molar refractivity (Wildman–Crippen MR) is 114 cm³/mol. The summed E-state index contributed by atoms with van der Waals surface area (Å²) in [5.41, 5.74) is 1.65. The summed E-state index contributed by atoms with van der Waals surface area (Å²) in [5, 5.41) is 5.39. The SMILES string of the molecule is COc1cccc(/C=C/C(=O)NCc2ccc(NC(=O)c3ccco3)cc2)c1OC(F)F. The lowest BCUT2D eigenvalue weighted by molar-refractivity contribution is -0.116. The number of anilines is 1. The van der Waals surface area contributed by atoms with Crippen molar-refractivity contribution >= 4 is 23.6 Å². The minimum Gasteiger partial charge on any atom is -0.493 e. The van der Waals surface area contributed by atoms with Gasteiger partial charge in [0.2, 0.25) is 5.91 Å². The number of hydrogen-bond acceptors (Lipinski definition) is 5. The van der Waals surface area contributed by atoms with E-state index in [0.717, 1.165) is 5.56 Å². The fourth-order valence-corrected chi connectivity index (χ4v) is 2.76. The van der Waals surface area contributed by atoms with Gasteiger partial charge in [0, 0.05) is 23.9 Å². The molecule has 0 aliphatic rings. The second-order valence-corrected chi connectivity index (χ2v) is 6.44. The Morgan fingerprint density at radius 1 is 1.09 bits per heavy atom. The average molecular weight is 442 g/mol. The van der Waals surface area contributed by atoms with E-state index in [9.17, 15) is 18.4 Å². The molecule has 7 nitrogen and oxygen atoms in total. The number of benzene rings is 2. The van der Waals surface area contributed by atoms with Crippen molar-refractivity contribution in [3.63, 3.8) is 0 Å². The molecule has 0 atom stereocenters. The van der Waals surface area contributed by atoms with Gasteiger partial charge in [-0.1, -0.05) is 24.3 Å². The molecule has 2 N–H and O–H groups in total. The summed E-state index contributed by atoms with van der Waals surface area (Å²) in [6.45, 7) is -2.80. The zero-order valence-corrected chi connectivity index (χ0v) is 17.0. The number of ether oxygens (including phenoxy) is 2. The van der Waals surface area contributed by atoms with E-state index >= 15 is 0 Å². The molecule has 2 aromatic carbocycles. The van der Waals surface area contributed by atoms with E-state index in [1.165, 1.54) is 37.7 Å². The van der Waals surface area contributed by atoms with E-state index in [4.69, 9.17) is 9.15 Å². The van der Waals surface area contributed by atoms with Crippen LogP contribution in [-0.4, -0.2) is 25.5 Å². The number of para-hydroxylation sites is 1. The van der Waals surface area contributed by atoms with Gasteiger partial charge in [-0.2, -0.15) is 8.78 Å². The molecule has 0 aliphatic heterocycles. The van der Waals surface area contributed by atoms with Gasteiger partial charge in [-0.25, -0.2) is 0 Å². The van der Waals surface area contributed by atoms with Crippen LogP contribution in [0.25, 0.3) is 6.08 Å². The molecule has 0 spiro atoms. The van der Waals surface area contributed by atoms with Crippen LogP contribution >= 0.6 is 0 Å². The molecule has 3 rings (SSSR count). The second-order valence-electron chi connectivity index (χ2n) is 6.44. The van der Waals surface area contributed by atoms with Crippen LogP contribution < -0.4 is 20.1 Å². The fourth-order valence-electron chi connectivity index (χ4n) is 2.76. The van der Waals surface area contributed by atoms with Crippen molar-refractivity contribution in [2.45, 2.75) is 13.2 Å². The minimum atomic E-state index is -3.03. The molecule has 32 heavy (non-hydrogen) atoms. The smallest absolute Gasteiger partial charge is 0.387 e. The Bertz CT molecular complexity index is 1080. The number of halogens is 2. The summed E-state index contributed by atoms with van der Waals surface area (Å²) in [4.78, 5) is 24.1. The van der Waals surface area contributed by atoms with Gasteiger partial charge in [0.1, 0.15) is 0 Å². The molecule has 2 amide bonds. The normalized spacial score (nSPS) is 10.9. The Hall–Kier alpha value is -4.14. The maximum absolute atomic E-state index is 12.7. The van der Waals surface area contributed by atoms with Crippen LogP contribution in [-0.2, 0) is 11.3 Å². The first kappa shape index (κ1) is 22.5. The zero-order chi connectivity index (χ0) is 22.9. The first-order valence-corrected chi connectivity index (χ1v) is 9.48. The number of rotatable bonds is 9. The first-order valence-electron chi connectivity index (χ1n) is 9.48. The van der Waals surface area contributed by atoms with Crippen molar-refractivity contribution < 1.29 is 32.3 Å². The number of furan rings is 1. The van der Waals surface area contributed by atoms with E-state index in [2.05, 4.69) is 15.4 Å². The van der Waals surface area contributed by atoms with E-state index in [-0.39, 0.29) is 35.3 Å². The third-order valence-corrected chi connectivity index (χ3v) is 4.27. The van der Waals surface area contributed by atoms with E-state index in [1.54, 1.807) is 42.5 Å². The van der Waals surface area contributed by atoms with Gasteiger partial charge >= 0.3 is 6.61 Å². The fraction of sp³-hybridized carbons (Fsp3) is 0.130. The highest BCUT2D eigenvalue weighted by Gasteiger charge is 2.14. The Kier molecular flexibility index (Phi) is 7.58. The lowest BCUT2D eigenvalue weighted by Gasteiger charge is -2.12. The zero-order valence-electron chi connectivity index (χ0n) is 17.0. The van der Waals surface area contributed by atoms with Gasteiger partial charge in [-0.05, 0) is 42.0 Å². The lowest BCUT2D eigenvalue weighted by Crippen LogP contribution is -2.20. The largest absolute Gasteiger partial charge is 0.493 e. The average Bonchev–Trinajstić information content (AvgIpc) is 3.32. The number of nitrogens with one attached hydrogen (secondary N) is 2. The molecular formula is C23H20F2N2O5. The van der Waals surface area contributed by atoms with Gasteiger partial charge in [0.15, 0.2) is 17.3 Å². The number of amides is 2. The number of alkyl halides is 2. The third-order valence-electron chi connectivity index (χ3n) is 4.27. The van der Waals surface area contributed by atoms with Crippen molar-refractivity contribution in [2.75, 3.05) is 12.4 Å². The Labute approximate surface area is 182 Å². The lowest BCUT2D eigenvalue weighted by atomic mass is 10.1. The molecule has 166 valence electrons. The maximum atomic E-state index is 12.7. The van der Waals surface area contributed by atoms with Crippen molar-refractivity contribution in [3.05, 3.63) is 83.8 Å². The molecular weight excluding hydrogens is 422 g/mol. The second kappa shape index (κ2) is 10.8. The molecule has 0 unspecified atom stereocenters. The van der Waals surface area contributed by atoms with Crippen molar-refractivity contribution in [2.24, 2.45) is 0 Å². The van der Waals surface area contributed by atoms with Gasteiger partial charge < -0.3 is 24.5 Å².